The summed E-state index contributed by atoms with van der Waals surface area (Å²) in [5.41, 5.74) is 1.47. The van der Waals surface area contributed by atoms with Crippen molar-refractivity contribution in [1.82, 2.24) is 4.90 Å². The molecule has 154 valence electrons. The van der Waals surface area contributed by atoms with Crippen LogP contribution in [0.3, 0.4) is 0 Å². The normalized spacial score (nSPS) is 14.0. The predicted octanol–water partition coefficient (Wildman–Crippen LogP) is 3.84. The van der Waals surface area contributed by atoms with E-state index in [0.29, 0.717) is 61.4 Å². The summed E-state index contributed by atoms with van der Waals surface area (Å²) in [6.45, 7) is 7.06. The minimum absolute atomic E-state index is 0.102. The smallest absolute Gasteiger partial charge is 0.256 e. The molecule has 6 heteroatoms. The first-order chi connectivity index (χ1) is 14.0. The highest BCUT2D eigenvalue weighted by Gasteiger charge is 2.21. The summed E-state index contributed by atoms with van der Waals surface area (Å²) in [5.74, 6) is 0.842. The van der Waals surface area contributed by atoms with E-state index in [4.69, 9.17) is 9.47 Å². The van der Waals surface area contributed by atoms with Crippen molar-refractivity contribution in [3.8, 4) is 5.75 Å². The summed E-state index contributed by atoms with van der Waals surface area (Å²) in [6.07, 6.45) is 0.952. The van der Waals surface area contributed by atoms with Gasteiger partial charge >= 0.3 is 0 Å². The van der Waals surface area contributed by atoms with Gasteiger partial charge in [-0.1, -0.05) is 32.0 Å². The highest BCUT2D eigenvalue weighted by molar-refractivity contribution is 6.09. The van der Waals surface area contributed by atoms with E-state index in [0.717, 1.165) is 6.42 Å². The molecule has 1 saturated heterocycles. The van der Waals surface area contributed by atoms with Crippen molar-refractivity contribution in [2.75, 3.05) is 38.2 Å². The minimum atomic E-state index is -0.276. The lowest BCUT2D eigenvalue weighted by atomic mass is 10.1. The van der Waals surface area contributed by atoms with Crippen molar-refractivity contribution in [3.63, 3.8) is 0 Å². The molecule has 1 fully saturated rings. The summed E-state index contributed by atoms with van der Waals surface area (Å²) >= 11 is 0. The van der Waals surface area contributed by atoms with Crippen LogP contribution in [0.15, 0.2) is 48.5 Å². The minimum Gasteiger partial charge on any atom is -0.494 e. The van der Waals surface area contributed by atoms with Gasteiger partial charge in [0.2, 0.25) is 0 Å². The highest BCUT2D eigenvalue weighted by atomic mass is 16.5. The standard InChI is InChI=1S/C23H28N2O4/c1-17(2)10-13-29-19-7-5-6-18(16-19)22(26)24-21-9-4-3-8-20(21)23(27)25-11-14-28-15-12-25/h3-9,16-17H,10-15H2,1-2H3,(H,24,26). The van der Waals surface area contributed by atoms with Gasteiger partial charge in [-0.05, 0) is 42.7 Å². The SMILES string of the molecule is CC(C)CCOc1cccc(C(=O)Nc2ccccc2C(=O)N2CCOCC2)c1. The van der Waals surface area contributed by atoms with Gasteiger partial charge in [0.1, 0.15) is 5.75 Å². The summed E-state index contributed by atoms with van der Waals surface area (Å²) in [4.78, 5) is 27.4. The number of morpholine rings is 1. The second-order valence-corrected chi connectivity index (χ2v) is 7.46. The van der Waals surface area contributed by atoms with Gasteiger partial charge in [0.05, 0.1) is 31.1 Å². The molecule has 3 rings (SSSR count). The molecule has 0 atom stereocenters. The fourth-order valence-electron chi connectivity index (χ4n) is 3.05. The van der Waals surface area contributed by atoms with Gasteiger partial charge in [-0.2, -0.15) is 0 Å². The molecule has 0 aliphatic carbocycles. The van der Waals surface area contributed by atoms with E-state index in [1.165, 1.54) is 0 Å². The summed E-state index contributed by atoms with van der Waals surface area (Å²) in [5, 5.41) is 2.88. The van der Waals surface area contributed by atoms with Crippen LogP contribution >= 0.6 is 0 Å². The molecule has 6 nitrogen and oxygen atoms in total. The Morgan fingerprint density at radius 1 is 1.10 bits per heavy atom. The molecule has 0 spiro atoms. The maximum Gasteiger partial charge on any atom is 0.256 e. The van der Waals surface area contributed by atoms with E-state index in [1.807, 2.05) is 6.07 Å². The molecule has 0 aromatic heterocycles. The maximum absolute atomic E-state index is 12.9. The van der Waals surface area contributed by atoms with Gasteiger partial charge in [0.15, 0.2) is 0 Å². The zero-order valence-electron chi connectivity index (χ0n) is 17.0. The van der Waals surface area contributed by atoms with Crippen LogP contribution in [-0.4, -0.2) is 49.6 Å². The fraction of sp³-hybridized carbons (Fsp3) is 0.391. The number of carbonyl (C=O) groups is 2. The van der Waals surface area contributed by atoms with Gasteiger partial charge in [0.25, 0.3) is 11.8 Å². The number of ether oxygens (including phenoxy) is 2. The Bertz CT molecular complexity index is 844. The Balaban J connectivity index is 1.70. The number of rotatable bonds is 7. The first kappa shape index (κ1) is 20.9. The topological polar surface area (TPSA) is 67.9 Å². The van der Waals surface area contributed by atoms with Crippen LogP contribution in [0.1, 0.15) is 41.0 Å². The molecule has 2 amide bonds. The molecule has 1 aliphatic rings. The number of carbonyl (C=O) groups excluding carboxylic acids is 2. The van der Waals surface area contributed by atoms with E-state index in [-0.39, 0.29) is 11.8 Å². The second kappa shape index (κ2) is 10.1. The third kappa shape index (κ3) is 5.81. The lowest BCUT2D eigenvalue weighted by Gasteiger charge is -2.27. The molecule has 0 unspecified atom stereocenters. The van der Waals surface area contributed by atoms with Crippen LogP contribution in [0.5, 0.6) is 5.75 Å². The quantitative estimate of drug-likeness (QED) is 0.772. The number of hydrogen-bond acceptors (Lipinski definition) is 4. The Morgan fingerprint density at radius 3 is 2.62 bits per heavy atom. The molecule has 0 saturated carbocycles. The predicted molar refractivity (Wildman–Crippen MR) is 113 cm³/mol. The Kier molecular flexibility index (Phi) is 7.25. The average molecular weight is 396 g/mol. The molecular formula is C23H28N2O4. The van der Waals surface area contributed by atoms with Gasteiger partial charge in [0, 0.05) is 18.7 Å². The molecular weight excluding hydrogens is 368 g/mol. The Labute approximate surface area is 171 Å². The van der Waals surface area contributed by atoms with Crippen molar-refractivity contribution < 1.29 is 19.1 Å². The van der Waals surface area contributed by atoms with E-state index in [2.05, 4.69) is 19.2 Å². The van der Waals surface area contributed by atoms with Crippen molar-refractivity contribution >= 4 is 17.5 Å². The van der Waals surface area contributed by atoms with E-state index >= 15 is 0 Å². The highest BCUT2D eigenvalue weighted by Crippen LogP contribution is 2.20. The Hall–Kier alpha value is -2.86. The zero-order chi connectivity index (χ0) is 20.6. The molecule has 1 aliphatic heterocycles. The van der Waals surface area contributed by atoms with Crippen LogP contribution in [0.2, 0.25) is 0 Å². The largest absolute Gasteiger partial charge is 0.494 e. The third-order valence-electron chi connectivity index (χ3n) is 4.76. The number of amides is 2. The fourth-order valence-corrected chi connectivity index (χ4v) is 3.05. The van der Waals surface area contributed by atoms with Crippen LogP contribution < -0.4 is 10.1 Å². The number of hydrogen-bond donors (Lipinski definition) is 1. The number of nitrogens with zero attached hydrogens (tertiary/aromatic N) is 1. The Morgan fingerprint density at radius 2 is 1.86 bits per heavy atom. The van der Waals surface area contributed by atoms with E-state index in [1.54, 1.807) is 47.4 Å². The first-order valence-corrected chi connectivity index (χ1v) is 10.0. The maximum atomic E-state index is 12.9. The molecule has 2 aromatic rings. The van der Waals surface area contributed by atoms with Crippen molar-refractivity contribution in [2.45, 2.75) is 20.3 Å². The first-order valence-electron chi connectivity index (χ1n) is 10.0. The van der Waals surface area contributed by atoms with Gasteiger partial charge in [-0.25, -0.2) is 0 Å². The lowest BCUT2D eigenvalue weighted by Crippen LogP contribution is -2.41. The average Bonchev–Trinajstić information content (AvgIpc) is 2.74. The molecule has 1 heterocycles. The van der Waals surface area contributed by atoms with Gasteiger partial charge < -0.3 is 19.7 Å². The summed E-state index contributed by atoms with van der Waals surface area (Å²) < 4.78 is 11.1. The van der Waals surface area contributed by atoms with E-state index < -0.39 is 0 Å². The van der Waals surface area contributed by atoms with Crippen LogP contribution in [-0.2, 0) is 4.74 Å². The molecule has 1 N–H and O–H groups in total. The number of para-hydroxylation sites is 1. The molecule has 29 heavy (non-hydrogen) atoms. The number of benzene rings is 2. The van der Waals surface area contributed by atoms with Crippen molar-refractivity contribution in [2.24, 2.45) is 5.92 Å². The monoisotopic (exact) mass is 396 g/mol. The van der Waals surface area contributed by atoms with Crippen LogP contribution in [0.25, 0.3) is 0 Å². The van der Waals surface area contributed by atoms with Crippen molar-refractivity contribution in [1.29, 1.82) is 0 Å². The van der Waals surface area contributed by atoms with Crippen molar-refractivity contribution in [3.05, 3.63) is 59.7 Å². The summed E-state index contributed by atoms with van der Waals surface area (Å²) in [6, 6.07) is 14.2. The lowest BCUT2D eigenvalue weighted by molar-refractivity contribution is 0.0303. The van der Waals surface area contributed by atoms with Crippen LogP contribution in [0.4, 0.5) is 5.69 Å². The third-order valence-corrected chi connectivity index (χ3v) is 4.76. The molecule has 0 bridgehead atoms. The van der Waals surface area contributed by atoms with Crippen LogP contribution in [0, 0.1) is 5.92 Å². The van der Waals surface area contributed by atoms with E-state index in [9.17, 15) is 9.59 Å². The zero-order valence-corrected chi connectivity index (χ0v) is 17.0. The molecule has 2 aromatic carbocycles. The molecule has 0 radical (unpaired) electrons. The number of anilines is 1. The van der Waals surface area contributed by atoms with Gasteiger partial charge in [-0.3, -0.25) is 9.59 Å². The van der Waals surface area contributed by atoms with Gasteiger partial charge in [-0.15, -0.1) is 0 Å². The number of nitrogens with one attached hydrogen (secondary N) is 1. The summed E-state index contributed by atoms with van der Waals surface area (Å²) in [7, 11) is 0. The second-order valence-electron chi connectivity index (χ2n) is 7.46.